The van der Waals surface area contributed by atoms with Gasteiger partial charge in [-0.15, -0.1) is 11.6 Å². The number of alkyl halides is 1. The van der Waals surface area contributed by atoms with E-state index in [1.165, 1.54) is 3.57 Å². The molecule has 0 radical (unpaired) electrons. The summed E-state index contributed by atoms with van der Waals surface area (Å²) < 4.78 is 3.31. The van der Waals surface area contributed by atoms with Gasteiger partial charge in [-0.25, -0.2) is 4.98 Å². The lowest BCUT2D eigenvalue weighted by molar-refractivity contribution is 0.882. The lowest BCUT2D eigenvalue weighted by Crippen LogP contribution is -2.01. The fourth-order valence-corrected chi connectivity index (χ4v) is 2.81. The van der Waals surface area contributed by atoms with E-state index in [1.54, 1.807) is 0 Å². The number of nitrogens with zero attached hydrogens (tertiary/aromatic N) is 2. The van der Waals surface area contributed by atoms with Gasteiger partial charge in [-0.1, -0.05) is 18.2 Å². The quantitative estimate of drug-likeness (QED) is 0.454. The van der Waals surface area contributed by atoms with Crippen LogP contribution in [-0.4, -0.2) is 9.55 Å². The minimum Gasteiger partial charge on any atom is -0.295 e. The Kier molecular flexibility index (Phi) is 3.50. The summed E-state index contributed by atoms with van der Waals surface area (Å²) in [6.07, 6.45) is 0. The van der Waals surface area contributed by atoms with Crippen LogP contribution >= 0.6 is 34.2 Å². The molecule has 2 aromatic carbocycles. The summed E-state index contributed by atoms with van der Waals surface area (Å²) in [5.41, 5.74) is 3.17. The molecule has 0 amide bonds. The molecule has 3 rings (SSSR count). The molecule has 3 aromatic rings. The van der Waals surface area contributed by atoms with Crippen LogP contribution in [0.2, 0.25) is 0 Å². The summed E-state index contributed by atoms with van der Waals surface area (Å²) in [5, 5.41) is -0.134. The van der Waals surface area contributed by atoms with Crippen LogP contribution in [0.4, 0.5) is 0 Å². The van der Waals surface area contributed by atoms with Crippen LogP contribution in [0.1, 0.15) is 18.1 Å². The number of fused-ring (bicyclic) bond motifs is 1. The average Bonchev–Trinajstić information content (AvgIpc) is 2.78. The van der Waals surface area contributed by atoms with Crippen molar-refractivity contribution in [3.8, 4) is 5.69 Å². The highest BCUT2D eigenvalue weighted by Crippen LogP contribution is 2.28. The summed E-state index contributed by atoms with van der Waals surface area (Å²) in [5.74, 6) is 0.880. The van der Waals surface area contributed by atoms with E-state index in [2.05, 4.69) is 62.5 Å². The van der Waals surface area contributed by atoms with Crippen LogP contribution in [0.15, 0.2) is 48.5 Å². The maximum atomic E-state index is 6.28. The van der Waals surface area contributed by atoms with Gasteiger partial charge in [0.25, 0.3) is 0 Å². The van der Waals surface area contributed by atoms with Crippen molar-refractivity contribution in [3.63, 3.8) is 0 Å². The SMILES string of the molecule is CC(Cl)c1nc2cc(I)ccc2n1-c1ccccc1. The lowest BCUT2D eigenvalue weighted by Gasteiger charge is -2.10. The predicted molar refractivity (Wildman–Crippen MR) is 88.1 cm³/mol. The number of rotatable bonds is 2. The van der Waals surface area contributed by atoms with Gasteiger partial charge in [-0.2, -0.15) is 0 Å². The first-order chi connectivity index (χ1) is 9.16. The van der Waals surface area contributed by atoms with Gasteiger partial charge in [0.2, 0.25) is 0 Å². The normalized spacial score (nSPS) is 12.8. The second-order valence-electron chi connectivity index (χ2n) is 4.39. The molecule has 0 aliphatic heterocycles. The summed E-state index contributed by atoms with van der Waals surface area (Å²) in [6.45, 7) is 1.95. The molecule has 0 saturated heterocycles. The minimum absolute atomic E-state index is 0.134. The number of para-hydroxylation sites is 1. The smallest absolute Gasteiger partial charge is 0.132 e. The monoisotopic (exact) mass is 382 g/mol. The van der Waals surface area contributed by atoms with Crippen molar-refractivity contribution < 1.29 is 0 Å². The number of benzene rings is 2. The van der Waals surface area contributed by atoms with Crippen molar-refractivity contribution in [2.24, 2.45) is 0 Å². The largest absolute Gasteiger partial charge is 0.295 e. The third-order valence-electron chi connectivity index (χ3n) is 3.01. The zero-order valence-corrected chi connectivity index (χ0v) is 13.3. The number of aromatic nitrogens is 2. The minimum atomic E-state index is -0.134. The summed E-state index contributed by atoms with van der Waals surface area (Å²) >= 11 is 8.58. The fourth-order valence-electron chi connectivity index (χ4n) is 2.19. The van der Waals surface area contributed by atoms with Crippen LogP contribution in [0.3, 0.4) is 0 Å². The van der Waals surface area contributed by atoms with Crippen LogP contribution in [0, 0.1) is 3.57 Å². The van der Waals surface area contributed by atoms with Crippen molar-refractivity contribution in [2.45, 2.75) is 12.3 Å². The molecule has 0 aliphatic rings. The zero-order valence-electron chi connectivity index (χ0n) is 10.3. The van der Waals surface area contributed by atoms with Gasteiger partial charge in [0, 0.05) is 9.26 Å². The second-order valence-corrected chi connectivity index (χ2v) is 6.29. The maximum absolute atomic E-state index is 6.28. The molecule has 0 bridgehead atoms. The van der Waals surface area contributed by atoms with Crippen LogP contribution in [0.5, 0.6) is 0 Å². The van der Waals surface area contributed by atoms with Crippen molar-refractivity contribution in [3.05, 3.63) is 57.9 Å². The Balaban J connectivity index is 2.35. The Morgan fingerprint density at radius 3 is 2.58 bits per heavy atom. The topological polar surface area (TPSA) is 17.8 Å². The molecule has 96 valence electrons. The Hall–Kier alpha value is -1.07. The predicted octanol–water partition coefficient (Wildman–Crippen LogP) is 4.93. The summed E-state index contributed by atoms with van der Waals surface area (Å²) in [4.78, 5) is 4.68. The van der Waals surface area contributed by atoms with Gasteiger partial charge >= 0.3 is 0 Å². The van der Waals surface area contributed by atoms with Gasteiger partial charge < -0.3 is 0 Å². The number of imidazole rings is 1. The van der Waals surface area contributed by atoms with E-state index in [0.29, 0.717) is 0 Å². The maximum Gasteiger partial charge on any atom is 0.132 e. The molecule has 1 atom stereocenters. The highest BCUT2D eigenvalue weighted by Gasteiger charge is 2.16. The van der Waals surface area contributed by atoms with Crippen molar-refractivity contribution in [1.29, 1.82) is 0 Å². The molecule has 0 N–H and O–H groups in total. The van der Waals surface area contributed by atoms with Crippen LogP contribution < -0.4 is 0 Å². The molecule has 0 saturated carbocycles. The Labute approximate surface area is 130 Å². The van der Waals surface area contributed by atoms with Crippen molar-refractivity contribution >= 4 is 45.2 Å². The number of hydrogen-bond acceptors (Lipinski definition) is 1. The molecule has 1 heterocycles. The van der Waals surface area contributed by atoms with Crippen LogP contribution in [0.25, 0.3) is 16.7 Å². The van der Waals surface area contributed by atoms with E-state index in [4.69, 9.17) is 11.6 Å². The molecular weight excluding hydrogens is 371 g/mol. The highest BCUT2D eigenvalue weighted by atomic mass is 127. The van der Waals surface area contributed by atoms with Gasteiger partial charge in [0.15, 0.2) is 0 Å². The highest BCUT2D eigenvalue weighted by molar-refractivity contribution is 14.1. The van der Waals surface area contributed by atoms with Crippen molar-refractivity contribution in [2.75, 3.05) is 0 Å². The molecule has 0 spiro atoms. The molecule has 0 fully saturated rings. The first-order valence-corrected chi connectivity index (χ1v) is 7.56. The average molecular weight is 383 g/mol. The first kappa shape index (κ1) is 12.9. The molecule has 4 heteroatoms. The first-order valence-electron chi connectivity index (χ1n) is 6.04. The Morgan fingerprint density at radius 1 is 1.16 bits per heavy atom. The Morgan fingerprint density at radius 2 is 1.89 bits per heavy atom. The van der Waals surface area contributed by atoms with E-state index in [0.717, 1.165) is 22.5 Å². The molecule has 0 aliphatic carbocycles. The third kappa shape index (κ3) is 2.37. The van der Waals surface area contributed by atoms with Crippen LogP contribution in [-0.2, 0) is 0 Å². The molecule has 1 unspecified atom stereocenters. The fraction of sp³-hybridized carbons (Fsp3) is 0.133. The number of halogens is 2. The van der Waals surface area contributed by atoms with Gasteiger partial charge in [-0.3, -0.25) is 4.57 Å². The van der Waals surface area contributed by atoms with E-state index >= 15 is 0 Å². The standard InChI is InChI=1S/C15H12ClIN2/c1-10(16)15-18-13-9-11(17)7-8-14(13)19(15)12-5-3-2-4-6-12/h2-10H,1H3. The molecule has 19 heavy (non-hydrogen) atoms. The third-order valence-corrected chi connectivity index (χ3v) is 3.88. The zero-order chi connectivity index (χ0) is 13.4. The molecule has 1 aromatic heterocycles. The van der Waals surface area contributed by atoms with E-state index in [-0.39, 0.29) is 5.38 Å². The second kappa shape index (κ2) is 5.13. The Bertz CT molecular complexity index is 720. The van der Waals surface area contributed by atoms with Gasteiger partial charge in [-0.05, 0) is 59.8 Å². The number of hydrogen-bond donors (Lipinski definition) is 0. The van der Waals surface area contributed by atoms with E-state index < -0.39 is 0 Å². The summed E-state index contributed by atoms with van der Waals surface area (Å²) in [6, 6.07) is 16.5. The van der Waals surface area contributed by atoms with Gasteiger partial charge in [0.1, 0.15) is 5.82 Å². The van der Waals surface area contributed by atoms with Crippen molar-refractivity contribution in [1.82, 2.24) is 9.55 Å². The van der Waals surface area contributed by atoms with E-state index in [1.807, 2.05) is 25.1 Å². The lowest BCUT2D eigenvalue weighted by atomic mass is 10.2. The van der Waals surface area contributed by atoms with E-state index in [9.17, 15) is 0 Å². The molecular formula is C15H12ClIN2. The molecule has 2 nitrogen and oxygen atoms in total. The van der Waals surface area contributed by atoms with Gasteiger partial charge in [0.05, 0.1) is 16.4 Å². The summed E-state index contributed by atoms with van der Waals surface area (Å²) in [7, 11) is 0.